The van der Waals surface area contributed by atoms with E-state index in [1.807, 2.05) is 0 Å². The van der Waals surface area contributed by atoms with Crippen molar-refractivity contribution in [3.63, 3.8) is 0 Å². The van der Waals surface area contributed by atoms with Gasteiger partial charge in [-0.3, -0.25) is 0 Å². The summed E-state index contributed by atoms with van der Waals surface area (Å²) in [5.41, 5.74) is 0. The number of nitrogens with zero attached hydrogens (tertiary/aromatic N) is 2. The number of hydrogen-bond donors (Lipinski definition) is 1. The molecule has 1 aromatic rings. The zero-order valence-electron chi connectivity index (χ0n) is 9.19. The van der Waals surface area contributed by atoms with E-state index in [2.05, 4.69) is 15.2 Å². The van der Waals surface area contributed by atoms with Crippen molar-refractivity contribution in [2.24, 2.45) is 5.92 Å². The minimum atomic E-state index is -0.251. The topological polar surface area (TPSA) is 28.2 Å². The molecule has 16 heavy (non-hydrogen) atoms. The first kappa shape index (κ1) is 10.0. The van der Waals surface area contributed by atoms with Crippen LogP contribution < -0.4 is 5.32 Å². The maximum absolute atomic E-state index is 13.4. The average Bonchev–Trinajstić information content (AvgIpc) is 2.34. The first-order valence-corrected chi connectivity index (χ1v) is 5.92. The second kappa shape index (κ2) is 4.01. The van der Waals surface area contributed by atoms with Gasteiger partial charge in [0.15, 0.2) is 11.6 Å². The molecule has 2 bridgehead atoms. The maximum atomic E-state index is 13.4. The highest BCUT2D eigenvalue weighted by atomic mass is 19.1. The number of hydrogen-bond acceptors (Lipinski definition) is 3. The Bertz CT molecular complexity index is 374. The predicted molar refractivity (Wildman–Crippen MR) is 60.8 cm³/mol. The van der Waals surface area contributed by atoms with Gasteiger partial charge in [-0.2, -0.15) is 0 Å². The van der Waals surface area contributed by atoms with Crippen LogP contribution in [-0.4, -0.2) is 35.6 Å². The van der Waals surface area contributed by atoms with E-state index in [9.17, 15) is 4.39 Å². The molecule has 3 saturated heterocycles. The number of aromatic nitrogens is 1. The van der Waals surface area contributed by atoms with Crippen LogP contribution in [-0.2, 0) is 0 Å². The number of anilines is 1. The van der Waals surface area contributed by atoms with Crippen LogP contribution in [0.1, 0.15) is 12.8 Å². The molecule has 4 heteroatoms. The van der Waals surface area contributed by atoms with Gasteiger partial charge in [0.25, 0.3) is 0 Å². The van der Waals surface area contributed by atoms with Gasteiger partial charge in [0.1, 0.15) is 0 Å². The molecule has 0 saturated carbocycles. The number of piperidine rings is 3. The Labute approximate surface area is 94.7 Å². The van der Waals surface area contributed by atoms with Gasteiger partial charge in [-0.1, -0.05) is 0 Å². The van der Waals surface area contributed by atoms with E-state index in [4.69, 9.17) is 0 Å². The lowest BCUT2D eigenvalue weighted by molar-refractivity contribution is 0.0972. The summed E-state index contributed by atoms with van der Waals surface area (Å²) in [4.78, 5) is 6.49. The van der Waals surface area contributed by atoms with Crippen LogP contribution in [0.3, 0.4) is 0 Å². The number of nitrogens with one attached hydrogen (secondary N) is 1. The summed E-state index contributed by atoms with van der Waals surface area (Å²) in [5, 5.41) is 3.25. The van der Waals surface area contributed by atoms with E-state index in [-0.39, 0.29) is 5.82 Å². The molecular weight excluding hydrogens is 205 g/mol. The second-order valence-corrected chi connectivity index (χ2v) is 4.72. The molecule has 1 unspecified atom stereocenters. The van der Waals surface area contributed by atoms with Crippen LogP contribution in [0.5, 0.6) is 0 Å². The molecule has 0 aromatic carbocycles. The number of halogens is 1. The largest absolute Gasteiger partial charge is 0.363 e. The maximum Gasteiger partial charge on any atom is 0.165 e. The molecule has 1 aromatic heterocycles. The van der Waals surface area contributed by atoms with Crippen LogP contribution in [0.2, 0.25) is 0 Å². The molecule has 4 heterocycles. The fraction of sp³-hybridized carbons (Fsp3) is 0.583. The average molecular weight is 221 g/mol. The molecule has 0 spiro atoms. The van der Waals surface area contributed by atoms with Crippen molar-refractivity contribution in [1.29, 1.82) is 0 Å². The van der Waals surface area contributed by atoms with Gasteiger partial charge < -0.3 is 10.2 Å². The molecule has 1 atom stereocenters. The Hall–Kier alpha value is -1.16. The minimum Gasteiger partial charge on any atom is -0.363 e. The van der Waals surface area contributed by atoms with Gasteiger partial charge in [-0.15, -0.1) is 0 Å². The molecule has 0 aliphatic carbocycles. The van der Waals surface area contributed by atoms with Crippen LogP contribution in [0.15, 0.2) is 18.3 Å². The molecule has 3 fully saturated rings. The number of rotatable bonds is 2. The van der Waals surface area contributed by atoms with Gasteiger partial charge in [0.05, 0.1) is 0 Å². The van der Waals surface area contributed by atoms with Crippen molar-refractivity contribution in [3.8, 4) is 0 Å². The van der Waals surface area contributed by atoms with Crippen molar-refractivity contribution in [2.75, 3.05) is 25.0 Å². The SMILES string of the molecule is Fc1cccnc1NC1CN2CCC1CC2. The summed E-state index contributed by atoms with van der Waals surface area (Å²) in [7, 11) is 0. The first-order valence-electron chi connectivity index (χ1n) is 5.92. The smallest absolute Gasteiger partial charge is 0.165 e. The normalized spacial score (nSPS) is 32.7. The van der Waals surface area contributed by atoms with Crippen LogP contribution in [0, 0.1) is 11.7 Å². The Morgan fingerprint density at radius 2 is 2.19 bits per heavy atom. The second-order valence-electron chi connectivity index (χ2n) is 4.72. The number of pyridine rings is 1. The molecule has 1 N–H and O–H groups in total. The zero-order chi connectivity index (χ0) is 11.0. The minimum absolute atomic E-state index is 0.251. The predicted octanol–water partition coefficient (Wildman–Crippen LogP) is 1.73. The van der Waals surface area contributed by atoms with Crippen LogP contribution >= 0.6 is 0 Å². The Morgan fingerprint density at radius 1 is 1.38 bits per heavy atom. The molecule has 86 valence electrons. The molecule has 4 rings (SSSR count). The lowest BCUT2D eigenvalue weighted by atomic mass is 9.84. The zero-order valence-corrected chi connectivity index (χ0v) is 9.19. The summed E-state index contributed by atoms with van der Waals surface area (Å²) in [6.45, 7) is 3.43. The van der Waals surface area contributed by atoms with E-state index < -0.39 is 0 Å². The lowest BCUT2D eigenvalue weighted by Crippen LogP contribution is -2.53. The highest BCUT2D eigenvalue weighted by Gasteiger charge is 2.34. The van der Waals surface area contributed by atoms with E-state index >= 15 is 0 Å². The summed E-state index contributed by atoms with van der Waals surface area (Å²) < 4.78 is 13.4. The molecule has 3 nitrogen and oxygen atoms in total. The summed E-state index contributed by atoms with van der Waals surface area (Å²) in [5.74, 6) is 0.839. The molecule has 3 aliphatic rings. The first-order chi connectivity index (χ1) is 7.83. The van der Waals surface area contributed by atoms with Gasteiger partial charge in [-0.25, -0.2) is 9.37 Å². The van der Waals surface area contributed by atoms with Gasteiger partial charge >= 0.3 is 0 Å². The molecule has 0 amide bonds. The fourth-order valence-corrected chi connectivity index (χ4v) is 2.80. The van der Waals surface area contributed by atoms with Crippen LogP contribution in [0.25, 0.3) is 0 Å². The van der Waals surface area contributed by atoms with Crippen molar-refractivity contribution in [1.82, 2.24) is 9.88 Å². The van der Waals surface area contributed by atoms with E-state index in [0.717, 1.165) is 6.54 Å². The lowest BCUT2D eigenvalue weighted by Gasteiger charge is -2.45. The Morgan fingerprint density at radius 3 is 2.81 bits per heavy atom. The third kappa shape index (κ3) is 1.78. The molecule has 3 aliphatic heterocycles. The molecular formula is C12H16FN3. The van der Waals surface area contributed by atoms with Gasteiger partial charge in [0.2, 0.25) is 0 Å². The fourth-order valence-electron chi connectivity index (χ4n) is 2.80. The third-order valence-electron chi connectivity index (χ3n) is 3.74. The summed E-state index contributed by atoms with van der Waals surface area (Å²) in [6.07, 6.45) is 4.09. The molecule has 0 radical (unpaired) electrons. The van der Waals surface area contributed by atoms with E-state index in [0.29, 0.717) is 17.8 Å². The Kier molecular flexibility index (Phi) is 2.52. The Balaban J connectivity index is 1.73. The standard InChI is InChI=1S/C12H16FN3/c13-10-2-1-5-14-12(10)15-11-8-16-6-3-9(11)4-7-16/h1-2,5,9,11H,3-4,6-8H2,(H,14,15). The van der Waals surface area contributed by atoms with Crippen molar-refractivity contribution < 1.29 is 4.39 Å². The van der Waals surface area contributed by atoms with Gasteiger partial charge in [-0.05, 0) is 44.0 Å². The van der Waals surface area contributed by atoms with Crippen molar-refractivity contribution in [2.45, 2.75) is 18.9 Å². The third-order valence-corrected chi connectivity index (χ3v) is 3.74. The monoisotopic (exact) mass is 221 g/mol. The summed E-state index contributed by atoms with van der Waals surface area (Å²) in [6, 6.07) is 3.44. The van der Waals surface area contributed by atoms with Crippen molar-refractivity contribution in [3.05, 3.63) is 24.1 Å². The highest BCUT2D eigenvalue weighted by molar-refractivity contribution is 5.37. The van der Waals surface area contributed by atoms with E-state index in [1.54, 1.807) is 12.3 Å². The van der Waals surface area contributed by atoms with Crippen molar-refractivity contribution >= 4 is 5.82 Å². The quantitative estimate of drug-likeness (QED) is 0.824. The van der Waals surface area contributed by atoms with Gasteiger partial charge in [0, 0.05) is 18.8 Å². The van der Waals surface area contributed by atoms with E-state index in [1.165, 1.54) is 32.0 Å². The van der Waals surface area contributed by atoms with Crippen LogP contribution in [0.4, 0.5) is 10.2 Å². The highest BCUT2D eigenvalue weighted by Crippen LogP contribution is 2.29. The summed E-state index contributed by atoms with van der Waals surface area (Å²) >= 11 is 0. The number of fused-ring (bicyclic) bond motifs is 3.